The van der Waals surface area contributed by atoms with Crippen LogP contribution in [0.1, 0.15) is 111 Å². The van der Waals surface area contributed by atoms with Gasteiger partial charge in [-0.2, -0.15) is 0 Å². The van der Waals surface area contributed by atoms with E-state index in [0.29, 0.717) is 23.5 Å². The second-order valence-electron chi connectivity index (χ2n) is 14.0. The third kappa shape index (κ3) is 7.70. The highest BCUT2D eigenvalue weighted by Gasteiger charge is 2.34. The molecule has 4 aromatic rings. The van der Waals surface area contributed by atoms with Gasteiger partial charge in [-0.1, -0.05) is 155 Å². The van der Waals surface area contributed by atoms with Crippen LogP contribution in [0.3, 0.4) is 0 Å². The van der Waals surface area contributed by atoms with E-state index < -0.39 is 0 Å². The Morgan fingerprint density at radius 1 is 0.815 bits per heavy atom. The molecule has 0 spiro atoms. The minimum Gasteiger partial charge on any atom is -0.485 e. The Kier molecular flexibility index (Phi) is 11.6. The van der Waals surface area contributed by atoms with E-state index in [9.17, 15) is 0 Å². The largest absolute Gasteiger partial charge is 0.485 e. The molecule has 272 valence electrons. The first-order valence-electron chi connectivity index (χ1n) is 19.8. The van der Waals surface area contributed by atoms with Crippen LogP contribution in [0.4, 0.5) is 0 Å². The molecule has 1 aromatic heterocycles. The third-order valence-corrected chi connectivity index (χ3v) is 10.6. The molecule has 0 amide bonds. The molecule has 0 fully saturated rings. The average Bonchev–Trinajstić information content (AvgIpc) is 3.81. The number of fused-ring (bicyclic) bond motifs is 6. The normalized spacial score (nSPS) is 21.1. The van der Waals surface area contributed by atoms with Gasteiger partial charge in [0.25, 0.3) is 0 Å². The first-order valence-corrected chi connectivity index (χ1v) is 19.8. The van der Waals surface area contributed by atoms with Gasteiger partial charge in [-0.15, -0.1) is 6.58 Å². The molecule has 0 saturated carbocycles. The monoisotopic (exact) mass is 709 g/mol. The van der Waals surface area contributed by atoms with Crippen LogP contribution in [0.25, 0.3) is 28.6 Å². The van der Waals surface area contributed by atoms with Crippen LogP contribution in [-0.4, -0.2) is 21.1 Å². The molecule has 2 heterocycles. The summed E-state index contributed by atoms with van der Waals surface area (Å²) in [6, 6.07) is 24.0. The number of ether oxygens (including phenoxy) is 1. The SMILES string of the molecule is C=CCC.CC.CC/C=C/c1ccc2c(c1)CC1=CC(c3nc(C4=CC5Oc6ccccc6C5C=C4)nc(-c4cccc(C5C=CC=CC5)c4)n3)=CCC12. The van der Waals surface area contributed by atoms with E-state index in [1.807, 2.05) is 26.0 Å². The molecule has 4 unspecified atom stereocenters. The van der Waals surface area contributed by atoms with Crippen molar-refractivity contribution in [2.45, 2.75) is 83.7 Å². The minimum absolute atomic E-state index is 0.0774. The molecule has 0 N–H and O–H groups in total. The van der Waals surface area contributed by atoms with Crippen LogP contribution in [0.5, 0.6) is 5.75 Å². The van der Waals surface area contributed by atoms with Crippen molar-refractivity contribution in [2.75, 3.05) is 0 Å². The summed E-state index contributed by atoms with van der Waals surface area (Å²) in [7, 11) is 0. The number of nitrogens with zero attached hydrogens (tertiary/aromatic N) is 3. The van der Waals surface area contributed by atoms with Gasteiger partial charge in [-0.25, -0.2) is 15.0 Å². The Hall–Kier alpha value is -5.61. The van der Waals surface area contributed by atoms with Crippen molar-refractivity contribution in [3.63, 3.8) is 0 Å². The van der Waals surface area contributed by atoms with Crippen molar-refractivity contribution in [1.82, 2.24) is 15.0 Å². The second kappa shape index (κ2) is 17.0. The summed E-state index contributed by atoms with van der Waals surface area (Å²) >= 11 is 0. The molecule has 5 aliphatic rings. The molecule has 4 nitrogen and oxygen atoms in total. The van der Waals surface area contributed by atoms with E-state index in [-0.39, 0.29) is 12.0 Å². The Bertz CT molecular complexity index is 2230. The second-order valence-corrected chi connectivity index (χ2v) is 14.0. The summed E-state index contributed by atoms with van der Waals surface area (Å²) in [5.74, 6) is 4.02. The predicted molar refractivity (Wildman–Crippen MR) is 226 cm³/mol. The van der Waals surface area contributed by atoms with Crippen LogP contribution in [0.2, 0.25) is 0 Å². The lowest BCUT2D eigenvalue weighted by atomic mass is 9.87. The van der Waals surface area contributed by atoms with E-state index in [1.165, 1.54) is 33.4 Å². The smallest absolute Gasteiger partial charge is 0.164 e. The van der Waals surface area contributed by atoms with Gasteiger partial charge in [0.2, 0.25) is 0 Å². The van der Waals surface area contributed by atoms with Crippen molar-refractivity contribution in [3.8, 4) is 17.1 Å². The number of hydrogen-bond acceptors (Lipinski definition) is 4. The van der Waals surface area contributed by atoms with Crippen molar-refractivity contribution in [1.29, 1.82) is 0 Å². The molecular formula is C50H51N3O. The Morgan fingerprint density at radius 2 is 1.63 bits per heavy atom. The van der Waals surface area contributed by atoms with Crippen LogP contribution < -0.4 is 4.74 Å². The van der Waals surface area contributed by atoms with Crippen LogP contribution in [0.15, 0.2) is 146 Å². The van der Waals surface area contributed by atoms with E-state index >= 15 is 0 Å². The minimum atomic E-state index is -0.0774. The molecule has 3 aromatic carbocycles. The first-order chi connectivity index (χ1) is 26.6. The Balaban J connectivity index is 0.000000706. The average molecular weight is 710 g/mol. The fourth-order valence-corrected chi connectivity index (χ4v) is 7.81. The predicted octanol–water partition coefficient (Wildman–Crippen LogP) is 12.7. The zero-order valence-corrected chi connectivity index (χ0v) is 32.1. The molecule has 9 rings (SSSR count). The molecule has 0 saturated heterocycles. The summed E-state index contributed by atoms with van der Waals surface area (Å²) in [4.78, 5) is 15.4. The zero-order valence-electron chi connectivity index (χ0n) is 32.1. The van der Waals surface area contributed by atoms with Gasteiger partial charge in [0, 0.05) is 40.0 Å². The van der Waals surface area contributed by atoms with E-state index in [2.05, 4.69) is 148 Å². The highest BCUT2D eigenvalue weighted by molar-refractivity contribution is 5.78. The molecule has 0 radical (unpaired) electrons. The number of benzene rings is 3. The molecular weight excluding hydrogens is 659 g/mol. The van der Waals surface area contributed by atoms with Gasteiger partial charge in [-0.05, 0) is 72.6 Å². The maximum atomic E-state index is 6.38. The summed E-state index contributed by atoms with van der Waals surface area (Å²) in [6.07, 6.45) is 31.3. The number of rotatable bonds is 7. The first kappa shape index (κ1) is 36.7. The van der Waals surface area contributed by atoms with E-state index in [4.69, 9.17) is 19.7 Å². The van der Waals surface area contributed by atoms with E-state index in [1.54, 1.807) is 0 Å². The number of para-hydroxylation sites is 1. The quantitative estimate of drug-likeness (QED) is 0.179. The number of aromatic nitrogens is 3. The topological polar surface area (TPSA) is 47.9 Å². The maximum absolute atomic E-state index is 6.38. The fourth-order valence-electron chi connectivity index (χ4n) is 7.81. The Morgan fingerprint density at radius 3 is 2.43 bits per heavy atom. The van der Waals surface area contributed by atoms with Gasteiger partial charge in [0.1, 0.15) is 11.9 Å². The summed E-state index contributed by atoms with van der Waals surface area (Å²) in [5.41, 5.74) is 11.2. The molecule has 4 atom stereocenters. The molecule has 4 aliphatic carbocycles. The van der Waals surface area contributed by atoms with E-state index in [0.717, 1.165) is 60.4 Å². The molecule has 54 heavy (non-hydrogen) atoms. The fraction of sp³-hybridized carbons (Fsp3) is 0.260. The van der Waals surface area contributed by atoms with Gasteiger partial charge >= 0.3 is 0 Å². The maximum Gasteiger partial charge on any atom is 0.164 e. The van der Waals surface area contributed by atoms with Crippen molar-refractivity contribution < 1.29 is 4.74 Å². The van der Waals surface area contributed by atoms with Crippen molar-refractivity contribution >= 4 is 17.2 Å². The van der Waals surface area contributed by atoms with Crippen molar-refractivity contribution in [2.24, 2.45) is 0 Å². The highest BCUT2D eigenvalue weighted by Crippen LogP contribution is 2.45. The van der Waals surface area contributed by atoms with Gasteiger partial charge < -0.3 is 4.74 Å². The summed E-state index contributed by atoms with van der Waals surface area (Å²) < 4.78 is 6.38. The lowest BCUT2D eigenvalue weighted by Crippen LogP contribution is -2.18. The van der Waals surface area contributed by atoms with Crippen LogP contribution in [-0.2, 0) is 6.42 Å². The van der Waals surface area contributed by atoms with Gasteiger partial charge in [0.05, 0.1) is 0 Å². The van der Waals surface area contributed by atoms with Crippen LogP contribution >= 0.6 is 0 Å². The highest BCUT2D eigenvalue weighted by atomic mass is 16.5. The standard InChI is InChI=1S/C44H37N3O.C4H8.C2H6/c1-2-3-10-28-17-20-36-34(23-28)26-35-25-32(18-21-37(35)36)43-45-42(31-14-9-13-30(24-31)29-11-5-4-6-12-29)46-44(47-43)33-19-22-39-38-15-7-8-16-40(38)48-41(39)27-33;1-3-4-2;1-2/h3-11,13-20,22-25,27,29,37,39,41H,2,12,21,26H2,1H3;3H,1,4H2,2H3;1-2H3/b10-3+;;. The third-order valence-electron chi connectivity index (χ3n) is 10.6. The lowest BCUT2D eigenvalue weighted by molar-refractivity contribution is 0.269. The van der Waals surface area contributed by atoms with Gasteiger partial charge in [0.15, 0.2) is 17.5 Å². The van der Waals surface area contributed by atoms with Crippen molar-refractivity contribution in [3.05, 3.63) is 185 Å². The zero-order chi connectivity index (χ0) is 37.4. The lowest BCUT2D eigenvalue weighted by Gasteiger charge is -2.20. The Labute approximate surface area is 321 Å². The number of hydrogen-bond donors (Lipinski definition) is 0. The van der Waals surface area contributed by atoms with Crippen LogP contribution in [0, 0.1) is 0 Å². The summed E-state index contributed by atoms with van der Waals surface area (Å²) in [6.45, 7) is 11.7. The summed E-state index contributed by atoms with van der Waals surface area (Å²) in [5, 5.41) is 0. The number of allylic oxidation sites excluding steroid dienone is 12. The van der Waals surface area contributed by atoms with Gasteiger partial charge in [-0.3, -0.25) is 0 Å². The molecule has 4 heteroatoms. The molecule has 0 bridgehead atoms. The molecule has 1 aliphatic heterocycles.